The normalized spacial score (nSPS) is 14.4. The SMILES string of the molecule is N#Cc1ccc(NS(=O)(=O)c2ccc(N3C(=O)CCC3=O)cc2)cc1. The largest absolute Gasteiger partial charge is 0.280 e. The maximum Gasteiger partial charge on any atom is 0.261 e. The summed E-state index contributed by atoms with van der Waals surface area (Å²) in [7, 11) is -3.82. The van der Waals surface area contributed by atoms with Gasteiger partial charge in [-0.1, -0.05) is 0 Å². The number of carbonyl (C=O) groups excluding carboxylic acids is 2. The van der Waals surface area contributed by atoms with Crippen LogP contribution in [0.2, 0.25) is 0 Å². The Balaban J connectivity index is 1.81. The molecule has 1 aliphatic rings. The van der Waals surface area contributed by atoms with Gasteiger partial charge in [0.2, 0.25) is 11.8 Å². The van der Waals surface area contributed by atoms with Crippen LogP contribution < -0.4 is 9.62 Å². The summed E-state index contributed by atoms with van der Waals surface area (Å²) in [6.45, 7) is 0. The lowest BCUT2D eigenvalue weighted by molar-refractivity contribution is -0.121. The highest BCUT2D eigenvalue weighted by Crippen LogP contribution is 2.25. The summed E-state index contributed by atoms with van der Waals surface area (Å²) in [6, 6.07) is 13.5. The Bertz CT molecular complexity index is 958. The molecule has 25 heavy (non-hydrogen) atoms. The average molecular weight is 355 g/mol. The summed E-state index contributed by atoms with van der Waals surface area (Å²) in [6.07, 6.45) is 0.332. The maximum atomic E-state index is 12.4. The first-order chi connectivity index (χ1) is 11.9. The number of carbonyl (C=O) groups is 2. The van der Waals surface area contributed by atoms with Crippen LogP contribution in [0.5, 0.6) is 0 Å². The molecular weight excluding hydrogens is 342 g/mol. The minimum absolute atomic E-state index is 0.000273. The van der Waals surface area contributed by atoms with Crippen molar-refractivity contribution in [2.24, 2.45) is 0 Å². The highest BCUT2D eigenvalue weighted by atomic mass is 32.2. The van der Waals surface area contributed by atoms with Crippen LogP contribution >= 0.6 is 0 Å². The molecular formula is C17H13N3O4S. The molecule has 0 bridgehead atoms. The molecule has 3 rings (SSSR count). The summed E-state index contributed by atoms with van der Waals surface area (Å²) >= 11 is 0. The number of sulfonamides is 1. The van der Waals surface area contributed by atoms with E-state index in [9.17, 15) is 18.0 Å². The second-order valence-electron chi connectivity index (χ2n) is 5.41. The third kappa shape index (κ3) is 3.36. The van der Waals surface area contributed by atoms with E-state index in [1.165, 1.54) is 48.5 Å². The van der Waals surface area contributed by atoms with Crippen molar-refractivity contribution in [3.63, 3.8) is 0 Å². The van der Waals surface area contributed by atoms with Crippen molar-refractivity contribution in [3.8, 4) is 6.07 Å². The predicted molar refractivity (Wildman–Crippen MR) is 90.1 cm³/mol. The number of amides is 2. The average Bonchev–Trinajstić information content (AvgIpc) is 2.94. The van der Waals surface area contributed by atoms with E-state index in [0.29, 0.717) is 16.9 Å². The Morgan fingerprint density at radius 2 is 1.48 bits per heavy atom. The van der Waals surface area contributed by atoms with Gasteiger partial charge in [-0.2, -0.15) is 5.26 Å². The van der Waals surface area contributed by atoms with Gasteiger partial charge in [0.25, 0.3) is 10.0 Å². The molecule has 7 nitrogen and oxygen atoms in total. The van der Waals surface area contributed by atoms with E-state index >= 15 is 0 Å². The zero-order valence-electron chi connectivity index (χ0n) is 13.0. The molecule has 0 radical (unpaired) electrons. The van der Waals surface area contributed by atoms with E-state index in [-0.39, 0.29) is 29.6 Å². The van der Waals surface area contributed by atoms with E-state index in [0.717, 1.165) is 4.90 Å². The molecule has 0 atom stereocenters. The Labute approximate surface area is 144 Å². The molecule has 2 aromatic carbocycles. The number of anilines is 2. The molecule has 8 heteroatoms. The Morgan fingerprint density at radius 3 is 2.00 bits per heavy atom. The van der Waals surface area contributed by atoms with Crippen LogP contribution in [0.3, 0.4) is 0 Å². The monoisotopic (exact) mass is 355 g/mol. The van der Waals surface area contributed by atoms with E-state index < -0.39 is 10.0 Å². The van der Waals surface area contributed by atoms with Crippen molar-refractivity contribution in [2.75, 3.05) is 9.62 Å². The Kier molecular flexibility index (Phi) is 4.25. The lowest BCUT2D eigenvalue weighted by Gasteiger charge is -2.14. The second kappa shape index (κ2) is 6.37. The number of nitrogens with zero attached hydrogens (tertiary/aromatic N) is 2. The van der Waals surface area contributed by atoms with Gasteiger partial charge in [-0.3, -0.25) is 19.2 Å². The van der Waals surface area contributed by atoms with Gasteiger partial charge in [0.05, 0.1) is 22.2 Å². The van der Waals surface area contributed by atoms with Gasteiger partial charge in [-0.25, -0.2) is 8.42 Å². The molecule has 0 aromatic heterocycles. The molecule has 1 aliphatic heterocycles. The summed E-state index contributed by atoms with van der Waals surface area (Å²) in [5.41, 5.74) is 1.10. The van der Waals surface area contributed by atoms with Gasteiger partial charge in [0, 0.05) is 18.5 Å². The number of hydrogen-bond acceptors (Lipinski definition) is 5. The van der Waals surface area contributed by atoms with Gasteiger partial charge in [0.15, 0.2) is 0 Å². The zero-order valence-corrected chi connectivity index (χ0v) is 13.8. The third-order valence-electron chi connectivity index (χ3n) is 3.72. The maximum absolute atomic E-state index is 12.4. The fraction of sp³-hybridized carbons (Fsp3) is 0.118. The lowest BCUT2D eigenvalue weighted by Crippen LogP contribution is -2.28. The fourth-order valence-electron chi connectivity index (χ4n) is 2.47. The smallest absolute Gasteiger partial charge is 0.261 e. The summed E-state index contributed by atoms with van der Waals surface area (Å²) < 4.78 is 27.2. The van der Waals surface area contributed by atoms with Crippen LogP contribution in [0.4, 0.5) is 11.4 Å². The summed E-state index contributed by atoms with van der Waals surface area (Å²) in [5.74, 6) is -0.590. The summed E-state index contributed by atoms with van der Waals surface area (Å²) in [5, 5.41) is 8.75. The number of nitrogens with one attached hydrogen (secondary N) is 1. The molecule has 0 spiro atoms. The molecule has 2 amide bonds. The first-order valence-corrected chi connectivity index (χ1v) is 8.88. The number of nitriles is 1. The van der Waals surface area contributed by atoms with Gasteiger partial charge in [-0.15, -0.1) is 0 Å². The molecule has 1 saturated heterocycles. The Morgan fingerprint density at radius 1 is 0.920 bits per heavy atom. The van der Waals surface area contributed by atoms with E-state index in [1.54, 1.807) is 0 Å². The number of hydrogen-bond donors (Lipinski definition) is 1. The van der Waals surface area contributed by atoms with Gasteiger partial charge < -0.3 is 0 Å². The number of benzene rings is 2. The molecule has 0 saturated carbocycles. The summed E-state index contributed by atoms with van der Waals surface area (Å²) in [4.78, 5) is 24.5. The molecule has 1 N–H and O–H groups in total. The van der Waals surface area contributed by atoms with E-state index in [2.05, 4.69) is 4.72 Å². The van der Waals surface area contributed by atoms with Crippen molar-refractivity contribution in [3.05, 3.63) is 54.1 Å². The molecule has 1 fully saturated rings. The Hall–Kier alpha value is -3.18. The highest BCUT2D eigenvalue weighted by Gasteiger charge is 2.30. The molecule has 126 valence electrons. The molecule has 1 heterocycles. The van der Waals surface area contributed by atoms with Crippen LogP contribution in [0.15, 0.2) is 53.4 Å². The first kappa shape index (κ1) is 16.7. The molecule has 2 aromatic rings. The van der Waals surface area contributed by atoms with Crippen molar-refractivity contribution < 1.29 is 18.0 Å². The van der Waals surface area contributed by atoms with Gasteiger partial charge >= 0.3 is 0 Å². The minimum Gasteiger partial charge on any atom is -0.280 e. The molecule has 0 unspecified atom stereocenters. The van der Waals surface area contributed by atoms with Crippen LogP contribution in [0.1, 0.15) is 18.4 Å². The predicted octanol–water partition coefficient (Wildman–Crippen LogP) is 2.01. The van der Waals surface area contributed by atoms with Crippen molar-refractivity contribution in [2.45, 2.75) is 17.7 Å². The van der Waals surface area contributed by atoms with Crippen LogP contribution in [0.25, 0.3) is 0 Å². The van der Waals surface area contributed by atoms with Crippen LogP contribution in [0, 0.1) is 11.3 Å². The fourth-order valence-corrected chi connectivity index (χ4v) is 3.52. The third-order valence-corrected chi connectivity index (χ3v) is 5.12. The van der Waals surface area contributed by atoms with Gasteiger partial charge in [-0.05, 0) is 48.5 Å². The van der Waals surface area contributed by atoms with Crippen molar-refractivity contribution in [1.29, 1.82) is 5.26 Å². The number of imide groups is 1. The minimum atomic E-state index is -3.82. The second-order valence-corrected chi connectivity index (χ2v) is 7.09. The van der Waals surface area contributed by atoms with Crippen LogP contribution in [-0.4, -0.2) is 20.2 Å². The zero-order chi connectivity index (χ0) is 18.0. The lowest BCUT2D eigenvalue weighted by atomic mass is 10.2. The first-order valence-electron chi connectivity index (χ1n) is 7.39. The van der Waals surface area contributed by atoms with E-state index in [1.807, 2.05) is 6.07 Å². The van der Waals surface area contributed by atoms with Crippen LogP contribution in [-0.2, 0) is 19.6 Å². The number of rotatable bonds is 4. The topological polar surface area (TPSA) is 107 Å². The quantitative estimate of drug-likeness (QED) is 0.844. The standard InChI is InChI=1S/C17H13N3O4S/c18-11-12-1-3-13(4-2-12)19-25(23,24)15-7-5-14(6-8-15)20-16(21)9-10-17(20)22/h1-8,19H,9-10H2. The molecule has 0 aliphatic carbocycles. The van der Waals surface area contributed by atoms with Gasteiger partial charge in [0.1, 0.15) is 0 Å². The van der Waals surface area contributed by atoms with Crippen molar-refractivity contribution >= 4 is 33.2 Å². The van der Waals surface area contributed by atoms with Crippen molar-refractivity contribution in [1.82, 2.24) is 0 Å². The van der Waals surface area contributed by atoms with E-state index in [4.69, 9.17) is 5.26 Å². The highest BCUT2D eigenvalue weighted by molar-refractivity contribution is 7.92.